The van der Waals surface area contributed by atoms with Crippen LogP contribution in [0, 0.1) is 0 Å². The monoisotopic (exact) mass is 441 g/mol. The zero-order chi connectivity index (χ0) is 21.9. The van der Waals surface area contributed by atoms with Crippen molar-refractivity contribution in [2.24, 2.45) is 0 Å². The first-order chi connectivity index (χ1) is 16.3. The van der Waals surface area contributed by atoms with E-state index in [9.17, 15) is 0 Å². The highest BCUT2D eigenvalue weighted by Crippen LogP contribution is 2.46. The number of allylic oxidation sites excluding steroid dienone is 1. The van der Waals surface area contributed by atoms with Crippen LogP contribution >= 0.6 is 11.3 Å². The Balaban J connectivity index is 1.47. The molecule has 1 N–H and O–H groups in total. The Morgan fingerprint density at radius 3 is 2.18 bits per heavy atom. The normalized spacial score (nSPS) is 15.8. The van der Waals surface area contributed by atoms with Crippen molar-refractivity contribution in [1.82, 2.24) is 4.98 Å². The predicted octanol–water partition coefficient (Wildman–Crippen LogP) is 9.25. The SMILES string of the molecule is CC1CC(c2cccc3c2sc2c(-c4ccccc4)cccc23)=Cc2c1[nH]c1ccccc21. The molecule has 33 heavy (non-hydrogen) atoms. The highest BCUT2D eigenvalue weighted by molar-refractivity contribution is 7.26. The maximum atomic E-state index is 3.68. The van der Waals surface area contributed by atoms with Gasteiger partial charge in [-0.05, 0) is 40.8 Å². The van der Waals surface area contributed by atoms with E-state index in [0.717, 1.165) is 6.42 Å². The summed E-state index contributed by atoms with van der Waals surface area (Å²) in [5.74, 6) is 0.469. The quantitative estimate of drug-likeness (QED) is 0.275. The van der Waals surface area contributed by atoms with Crippen LogP contribution in [0.3, 0.4) is 0 Å². The van der Waals surface area contributed by atoms with Crippen molar-refractivity contribution < 1.29 is 0 Å². The fourth-order valence-electron chi connectivity index (χ4n) is 5.50. The van der Waals surface area contributed by atoms with Crippen LogP contribution in [-0.4, -0.2) is 4.98 Å². The van der Waals surface area contributed by atoms with E-state index in [0.29, 0.717) is 5.92 Å². The van der Waals surface area contributed by atoms with Gasteiger partial charge < -0.3 is 4.98 Å². The van der Waals surface area contributed by atoms with Crippen LogP contribution in [0.1, 0.15) is 36.1 Å². The maximum absolute atomic E-state index is 3.68. The molecule has 1 unspecified atom stereocenters. The van der Waals surface area contributed by atoms with Crippen molar-refractivity contribution >= 4 is 54.1 Å². The number of rotatable bonds is 2. The topological polar surface area (TPSA) is 15.8 Å². The summed E-state index contributed by atoms with van der Waals surface area (Å²) in [5, 5.41) is 4.05. The molecule has 0 radical (unpaired) electrons. The molecule has 2 heterocycles. The molecule has 1 atom stereocenters. The standard InChI is InChI=1S/C31H23NS/c1-19-17-21(18-27-24-11-5-6-16-28(24)32-29(19)27)23-13-8-15-26-25-14-7-12-22(30(25)33-31(23)26)20-9-3-2-4-10-20/h2-16,18-19,32H,17H2,1H3. The van der Waals surface area contributed by atoms with Gasteiger partial charge in [-0.15, -0.1) is 11.3 Å². The minimum absolute atomic E-state index is 0.469. The third-order valence-corrected chi connectivity index (χ3v) is 8.36. The van der Waals surface area contributed by atoms with Gasteiger partial charge in [-0.2, -0.15) is 0 Å². The van der Waals surface area contributed by atoms with Crippen molar-refractivity contribution in [3.8, 4) is 11.1 Å². The Labute approximate surface area is 197 Å². The van der Waals surface area contributed by atoms with E-state index in [2.05, 4.69) is 109 Å². The molecule has 2 heteroatoms. The second-order valence-electron chi connectivity index (χ2n) is 9.11. The Hall–Kier alpha value is -3.62. The Morgan fingerprint density at radius 1 is 0.697 bits per heavy atom. The number of para-hydroxylation sites is 1. The second kappa shape index (κ2) is 7.19. The molecule has 0 saturated carbocycles. The largest absolute Gasteiger partial charge is 0.358 e. The van der Waals surface area contributed by atoms with Gasteiger partial charge in [0.2, 0.25) is 0 Å². The minimum atomic E-state index is 0.469. The van der Waals surface area contributed by atoms with Crippen LogP contribution < -0.4 is 0 Å². The van der Waals surface area contributed by atoms with Gasteiger partial charge >= 0.3 is 0 Å². The zero-order valence-electron chi connectivity index (χ0n) is 18.4. The summed E-state index contributed by atoms with van der Waals surface area (Å²) in [6, 6.07) is 33.0. The average Bonchev–Trinajstić information content (AvgIpc) is 3.43. The van der Waals surface area contributed by atoms with Gasteiger partial charge in [-0.1, -0.05) is 91.9 Å². The molecule has 6 aromatic rings. The first-order valence-electron chi connectivity index (χ1n) is 11.6. The Morgan fingerprint density at radius 2 is 1.36 bits per heavy atom. The van der Waals surface area contributed by atoms with Gasteiger partial charge in [0.05, 0.1) is 0 Å². The first kappa shape index (κ1) is 18.9. The number of aromatic amines is 1. The molecule has 0 fully saturated rings. The lowest BCUT2D eigenvalue weighted by Gasteiger charge is -2.21. The van der Waals surface area contributed by atoms with Crippen LogP contribution in [0.4, 0.5) is 0 Å². The molecule has 4 aromatic carbocycles. The maximum Gasteiger partial charge on any atom is 0.0462 e. The summed E-state index contributed by atoms with van der Waals surface area (Å²) in [7, 11) is 0. The van der Waals surface area contributed by atoms with Crippen LogP contribution in [0.15, 0.2) is 91.0 Å². The van der Waals surface area contributed by atoms with Gasteiger partial charge in [-0.3, -0.25) is 0 Å². The molecule has 1 aliphatic rings. The first-order valence-corrected chi connectivity index (χ1v) is 12.4. The predicted molar refractivity (Wildman–Crippen MR) is 144 cm³/mol. The number of hydrogen-bond donors (Lipinski definition) is 1. The van der Waals surface area contributed by atoms with Crippen molar-refractivity contribution in [2.75, 3.05) is 0 Å². The lowest BCUT2D eigenvalue weighted by atomic mass is 9.85. The van der Waals surface area contributed by atoms with Crippen molar-refractivity contribution in [3.05, 3.63) is 108 Å². The van der Waals surface area contributed by atoms with Gasteiger partial charge in [0.15, 0.2) is 0 Å². The van der Waals surface area contributed by atoms with Gasteiger partial charge in [-0.25, -0.2) is 0 Å². The minimum Gasteiger partial charge on any atom is -0.358 e. The third-order valence-electron chi connectivity index (χ3n) is 7.07. The summed E-state index contributed by atoms with van der Waals surface area (Å²) < 4.78 is 2.78. The summed E-state index contributed by atoms with van der Waals surface area (Å²) in [4.78, 5) is 3.68. The third kappa shape index (κ3) is 2.84. The number of H-pyrrole nitrogens is 1. The number of aromatic nitrogens is 1. The van der Waals surface area contributed by atoms with Crippen LogP contribution in [0.2, 0.25) is 0 Å². The van der Waals surface area contributed by atoms with E-state index in [1.165, 1.54) is 64.6 Å². The lowest BCUT2D eigenvalue weighted by molar-refractivity contribution is 0.761. The molecule has 1 aliphatic carbocycles. The highest BCUT2D eigenvalue weighted by atomic mass is 32.1. The van der Waals surface area contributed by atoms with E-state index in [1.807, 2.05) is 11.3 Å². The molecular formula is C31H23NS. The van der Waals surface area contributed by atoms with E-state index in [4.69, 9.17) is 0 Å². The van der Waals surface area contributed by atoms with E-state index in [1.54, 1.807) is 0 Å². The second-order valence-corrected chi connectivity index (χ2v) is 10.1. The molecule has 0 spiro atoms. The van der Waals surface area contributed by atoms with Crippen LogP contribution in [0.25, 0.3) is 53.9 Å². The van der Waals surface area contributed by atoms with Gasteiger partial charge in [0, 0.05) is 48.3 Å². The van der Waals surface area contributed by atoms with Crippen LogP contribution in [-0.2, 0) is 0 Å². The summed E-state index contributed by atoms with van der Waals surface area (Å²) in [6.07, 6.45) is 3.49. The molecule has 0 saturated heterocycles. The number of hydrogen-bond acceptors (Lipinski definition) is 1. The fourth-order valence-corrected chi connectivity index (χ4v) is 6.88. The van der Waals surface area contributed by atoms with Crippen molar-refractivity contribution in [2.45, 2.75) is 19.3 Å². The molecule has 0 bridgehead atoms. The van der Waals surface area contributed by atoms with Crippen LogP contribution in [0.5, 0.6) is 0 Å². The summed E-state index contributed by atoms with van der Waals surface area (Å²) in [5.41, 5.74) is 9.40. The van der Waals surface area contributed by atoms with Gasteiger partial charge in [0.1, 0.15) is 0 Å². The zero-order valence-corrected chi connectivity index (χ0v) is 19.2. The Kier molecular flexibility index (Phi) is 4.12. The lowest BCUT2D eigenvalue weighted by Crippen LogP contribution is -2.03. The smallest absolute Gasteiger partial charge is 0.0462 e. The average molecular weight is 442 g/mol. The summed E-state index contributed by atoms with van der Waals surface area (Å²) >= 11 is 1.94. The van der Waals surface area contributed by atoms with E-state index in [-0.39, 0.29) is 0 Å². The van der Waals surface area contributed by atoms with Gasteiger partial charge in [0.25, 0.3) is 0 Å². The molecule has 7 rings (SSSR count). The number of fused-ring (bicyclic) bond motifs is 6. The number of nitrogens with one attached hydrogen (secondary N) is 1. The van der Waals surface area contributed by atoms with Crippen molar-refractivity contribution in [3.63, 3.8) is 0 Å². The molecular weight excluding hydrogens is 418 g/mol. The molecule has 1 nitrogen and oxygen atoms in total. The fraction of sp³-hybridized carbons (Fsp3) is 0.0968. The number of benzene rings is 4. The Bertz CT molecular complexity index is 1700. The molecule has 2 aromatic heterocycles. The summed E-state index contributed by atoms with van der Waals surface area (Å²) in [6.45, 7) is 2.35. The molecule has 158 valence electrons. The van der Waals surface area contributed by atoms with Crippen molar-refractivity contribution in [1.29, 1.82) is 0 Å². The van der Waals surface area contributed by atoms with E-state index < -0.39 is 0 Å². The number of thiophene rings is 1. The highest BCUT2D eigenvalue weighted by Gasteiger charge is 2.24. The molecule has 0 amide bonds. The molecule has 0 aliphatic heterocycles. The van der Waals surface area contributed by atoms with E-state index >= 15 is 0 Å².